The molecule has 1 aromatic heterocycles. The number of hydrogen-bond acceptors (Lipinski definition) is 4. The van der Waals surface area contributed by atoms with Crippen molar-refractivity contribution in [3.8, 4) is 0 Å². The van der Waals surface area contributed by atoms with Crippen LogP contribution in [0.3, 0.4) is 0 Å². The lowest BCUT2D eigenvalue weighted by molar-refractivity contribution is -0.119. The van der Waals surface area contributed by atoms with Gasteiger partial charge in [0.1, 0.15) is 0 Å². The largest absolute Gasteiger partial charge is 0.387 e. The summed E-state index contributed by atoms with van der Waals surface area (Å²) < 4.78 is 0. The van der Waals surface area contributed by atoms with Gasteiger partial charge in [0.15, 0.2) is 0 Å². The average molecular weight is 342 g/mol. The molecule has 1 amide bonds. The van der Waals surface area contributed by atoms with Crippen LogP contribution in [0.2, 0.25) is 5.02 Å². The number of aliphatic hydroxyl groups is 1. The summed E-state index contributed by atoms with van der Waals surface area (Å²) in [5, 5.41) is 17.1. The molecule has 1 atom stereocenters. The van der Waals surface area contributed by atoms with E-state index in [0.29, 0.717) is 10.8 Å². The minimum absolute atomic E-state index is 0.0729. The van der Waals surface area contributed by atoms with Gasteiger partial charge in [0.05, 0.1) is 11.9 Å². The molecule has 112 valence electrons. The lowest BCUT2D eigenvalue weighted by Gasteiger charge is -2.10. The molecular weight excluding hydrogens is 326 g/mol. The van der Waals surface area contributed by atoms with Crippen LogP contribution in [0.5, 0.6) is 0 Å². The predicted octanol–water partition coefficient (Wildman–Crippen LogP) is 3.48. The van der Waals surface area contributed by atoms with E-state index in [1.54, 1.807) is 0 Å². The second kappa shape index (κ2) is 8.44. The van der Waals surface area contributed by atoms with Gasteiger partial charge in [-0.2, -0.15) is 11.3 Å². The number of halogens is 1. The molecule has 6 heteroatoms. The molecule has 1 unspecified atom stereocenters. The fourth-order valence-electron chi connectivity index (χ4n) is 1.73. The maximum atomic E-state index is 11.7. The molecule has 0 radical (unpaired) electrons. The third kappa shape index (κ3) is 5.71. The Hall–Kier alpha value is -1.01. The van der Waals surface area contributed by atoms with Crippen molar-refractivity contribution in [2.75, 3.05) is 12.3 Å². The van der Waals surface area contributed by atoms with Crippen LogP contribution in [0.15, 0.2) is 41.1 Å². The Morgan fingerprint density at radius 2 is 2.29 bits per heavy atom. The van der Waals surface area contributed by atoms with Crippen LogP contribution in [0, 0.1) is 0 Å². The van der Waals surface area contributed by atoms with Gasteiger partial charge in [-0.25, -0.2) is 0 Å². The van der Waals surface area contributed by atoms with E-state index in [0.717, 1.165) is 16.9 Å². The van der Waals surface area contributed by atoms with Gasteiger partial charge < -0.3 is 10.4 Å². The standard InChI is InChI=1S/C15H16ClNO2S2/c16-13-3-1-2-11(6-13)8-21-10-15(19)17-7-14(18)12-4-5-20-9-12/h1-6,9,14,18H,7-8,10H2,(H,17,19). The third-order valence-corrected chi connectivity index (χ3v) is 4.75. The van der Waals surface area contributed by atoms with Gasteiger partial charge >= 0.3 is 0 Å². The smallest absolute Gasteiger partial charge is 0.230 e. The van der Waals surface area contributed by atoms with Crippen LogP contribution in [-0.2, 0) is 10.5 Å². The topological polar surface area (TPSA) is 49.3 Å². The van der Waals surface area contributed by atoms with Gasteiger partial charge in [-0.1, -0.05) is 23.7 Å². The molecule has 0 aliphatic carbocycles. The molecule has 21 heavy (non-hydrogen) atoms. The van der Waals surface area contributed by atoms with Crippen molar-refractivity contribution in [2.45, 2.75) is 11.9 Å². The zero-order valence-electron chi connectivity index (χ0n) is 11.3. The van der Waals surface area contributed by atoms with Crippen LogP contribution in [0.1, 0.15) is 17.2 Å². The lowest BCUT2D eigenvalue weighted by Crippen LogP contribution is -2.29. The van der Waals surface area contributed by atoms with Gasteiger partial charge in [0.25, 0.3) is 0 Å². The summed E-state index contributed by atoms with van der Waals surface area (Å²) in [6.45, 7) is 0.243. The molecule has 1 aromatic carbocycles. The van der Waals surface area contributed by atoms with Gasteiger partial charge in [-0.15, -0.1) is 11.8 Å². The van der Waals surface area contributed by atoms with Crippen molar-refractivity contribution in [3.05, 3.63) is 57.2 Å². The Morgan fingerprint density at radius 3 is 3.00 bits per heavy atom. The zero-order chi connectivity index (χ0) is 15.1. The van der Waals surface area contributed by atoms with Crippen LogP contribution >= 0.6 is 34.7 Å². The summed E-state index contributed by atoms with van der Waals surface area (Å²) in [4.78, 5) is 11.7. The molecule has 2 N–H and O–H groups in total. The van der Waals surface area contributed by atoms with Crippen molar-refractivity contribution in [1.82, 2.24) is 5.32 Å². The van der Waals surface area contributed by atoms with Crippen molar-refractivity contribution < 1.29 is 9.90 Å². The molecule has 0 saturated carbocycles. The highest BCUT2D eigenvalue weighted by Gasteiger charge is 2.09. The summed E-state index contributed by atoms with van der Waals surface area (Å²) in [6.07, 6.45) is -0.641. The molecule has 1 heterocycles. The molecule has 0 aliphatic rings. The average Bonchev–Trinajstić information content (AvgIpc) is 2.99. The van der Waals surface area contributed by atoms with E-state index < -0.39 is 6.10 Å². The molecule has 2 aromatic rings. The minimum atomic E-state index is -0.641. The zero-order valence-corrected chi connectivity index (χ0v) is 13.7. The number of carbonyl (C=O) groups is 1. The maximum Gasteiger partial charge on any atom is 0.230 e. The van der Waals surface area contributed by atoms with E-state index in [9.17, 15) is 9.90 Å². The Morgan fingerprint density at radius 1 is 1.43 bits per heavy atom. The molecular formula is C15H16ClNO2S2. The van der Waals surface area contributed by atoms with E-state index in [4.69, 9.17) is 11.6 Å². The van der Waals surface area contributed by atoms with Gasteiger partial charge in [-0.3, -0.25) is 4.79 Å². The molecule has 2 rings (SSSR count). The van der Waals surface area contributed by atoms with Gasteiger partial charge in [0, 0.05) is 17.3 Å². The van der Waals surface area contributed by atoms with Crippen LogP contribution in [0.4, 0.5) is 0 Å². The summed E-state index contributed by atoms with van der Waals surface area (Å²) in [6, 6.07) is 9.46. The quantitative estimate of drug-likeness (QED) is 0.810. The van der Waals surface area contributed by atoms with E-state index >= 15 is 0 Å². The lowest BCUT2D eigenvalue weighted by atomic mass is 10.2. The monoisotopic (exact) mass is 341 g/mol. The molecule has 0 spiro atoms. The van der Waals surface area contributed by atoms with Crippen molar-refractivity contribution >= 4 is 40.6 Å². The number of thiophene rings is 1. The fraction of sp³-hybridized carbons (Fsp3) is 0.267. The van der Waals surface area contributed by atoms with Crippen molar-refractivity contribution in [2.24, 2.45) is 0 Å². The highest BCUT2D eigenvalue weighted by atomic mass is 35.5. The highest BCUT2D eigenvalue weighted by molar-refractivity contribution is 7.99. The Bertz CT molecular complexity index is 575. The number of hydrogen-bond donors (Lipinski definition) is 2. The first-order valence-electron chi connectivity index (χ1n) is 6.44. The Kier molecular flexibility index (Phi) is 6.57. The molecule has 3 nitrogen and oxygen atoms in total. The van der Waals surface area contributed by atoms with Crippen LogP contribution in [-0.4, -0.2) is 23.3 Å². The molecule has 0 saturated heterocycles. The SMILES string of the molecule is O=C(CSCc1cccc(Cl)c1)NCC(O)c1ccsc1. The van der Waals surface area contributed by atoms with E-state index in [1.165, 1.54) is 23.1 Å². The first-order chi connectivity index (χ1) is 10.1. The second-order valence-electron chi connectivity index (χ2n) is 4.50. The van der Waals surface area contributed by atoms with E-state index in [1.807, 2.05) is 41.1 Å². The summed E-state index contributed by atoms with van der Waals surface area (Å²) in [5.41, 5.74) is 1.94. The summed E-state index contributed by atoms with van der Waals surface area (Å²) >= 11 is 8.95. The first kappa shape index (κ1) is 16.4. The fourth-order valence-corrected chi connectivity index (χ4v) is 3.46. The van der Waals surface area contributed by atoms with Crippen molar-refractivity contribution in [1.29, 1.82) is 0 Å². The Labute approximate surface area is 137 Å². The number of thioether (sulfide) groups is 1. The number of aliphatic hydroxyl groups excluding tert-OH is 1. The maximum absolute atomic E-state index is 11.7. The van der Waals surface area contributed by atoms with Crippen molar-refractivity contribution in [3.63, 3.8) is 0 Å². The number of amides is 1. The minimum Gasteiger partial charge on any atom is -0.387 e. The normalized spacial score (nSPS) is 12.1. The second-order valence-corrected chi connectivity index (χ2v) is 6.70. The number of carbonyl (C=O) groups excluding carboxylic acids is 1. The third-order valence-electron chi connectivity index (χ3n) is 2.81. The van der Waals surface area contributed by atoms with E-state index in [-0.39, 0.29) is 12.5 Å². The molecule has 0 aliphatic heterocycles. The van der Waals surface area contributed by atoms with Gasteiger partial charge in [0.2, 0.25) is 5.91 Å². The first-order valence-corrected chi connectivity index (χ1v) is 8.92. The Balaban J connectivity index is 1.66. The number of rotatable bonds is 7. The van der Waals surface area contributed by atoms with Gasteiger partial charge in [-0.05, 0) is 40.1 Å². The summed E-state index contributed by atoms with van der Waals surface area (Å²) in [5.74, 6) is 1.03. The van der Waals surface area contributed by atoms with E-state index in [2.05, 4.69) is 5.32 Å². The number of benzene rings is 1. The molecule has 0 fully saturated rings. The predicted molar refractivity (Wildman–Crippen MR) is 89.9 cm³/mol. The van der Waals surface area contributed by atoms with Crippen LogP contribution in [0.25, 0.3) is 0 Å². The molecule has 0 bridgehead atoms. The summed E-state index contributed by atoms with van der Waals surface area (Å²) in [7, 11) is 0. The number of nitrogens with one attached hydrogen (secondary N) is 1. The van der Waals surface area contributed by atoms with Crippen LogP contribution < -0.4 is 5.32 Å². The highest BCUT2D eigenvalue weighted by Crippen LogP contribution is 2.17.